The molecule has 2 aromatic rings. The number of carbonyl (C=O) groups is 1. The van der Waals surface area contributed by atoms with Crippen LogP contribution in [0.2, 0.25) is 0 Å². The number of nitriles is 1. The lowest BCUT2D eigenvalue weighted by atomic mass is 9.68. The highest BCUT2D eigenvalue weighted by Crippen LogP contribution is 2.49. The number of carbonyl (C=O) groups excluding carboxylic acids is 1. The number of primary amides is 1. The Balaban J connectivity index is 1.52. The van der Waals surface area contributed by atoms with E-state index in [2.05, 4.69) is 46.9 Å². The summed E-state index contributed by atoms with van der Waals surface area (Å²) in [6, 6.07) is 14.7. The Bertz CT molecular complexity index is 1390. The van der Waals surface area contributed by atoms with E-state index in [1.165, 1.54) is 0 Å². The number of hydrogen-bond acceptors (Lipinski definition) is 6. The van der Waals surface area contributed by atoms with Gasteiger partial charge in [-0.25, -0.2) is 0 Å². The van der Waals surface area contributed by atoms with Crippen molar-refractivity contribution in [3.8, 4) is 6.07 Å². The first kappa shape index (κ1) is 28.4. The lowest BCUT2D eigenvalue weighted by Gasteiger charge is -2.39. The van der Waals surface area contributed by atoms with Gasteiger partial charge in [0, 0.05) is 35.6 Å². The maximum absolute atomic E-state index is 12.1. The molecule has 5 rings (SSSR count). The summed E-state index contributed by atoms with van der Waals surface area (Å²) in [4.78, 5) is 14.3. The van der Waals surface area contributed by atoms with Crippen LogP contribution in [0.1, 0.15) is 71.3 Å². The Hall–Kier alpha value is -4.09. The lowest BCUT2D eigenvalue weighted by Crippen LogP contribution is -2.49. The Morgan fingerprint density at radius 3 is 2.34 bits per heavy atom. The maximum Gasteiger partial charge on any atom is 0.248 e. The zero-order valence-corrected chi connectivity index (χ0v) is 24.1. The van der Waals surface area contributed by atoms with Crippen molar-refractivity contribution in [2.45, 2.75) is 69.5 Å². The van der Waals surface area contributed by atoms with Crippen LogP contribution in [0.25, 0.3) is 5.70 Å². The molecule has 3 aliphatic rings. The zero-order valence-electron chi connectivity index (χ0n) is 24.1. The number of benzene rings is 2. The van der Waals surface area contributed by atoms with Crippen molar-refractivity contribution in [1.29, 1.82) is 10.7 Å². The van der Waals surface area contributed by atoms with Crippen molar-refractivity contribution < 1.29 is 4.79 Å². The van der Waals surface area contributed by atoms with Crippen LogP contribution < -0.4 is 22.1 Å². The van der Waals surface area contributed by atoms with Crippen molar-refractivity contribution in [2.24, 2.45) is 17.4 Å². The molecule has 0 spiro atoms. The summed E-state index contributed by atoms with van der Waals surface area (Å²) in [5.41, 5.74) is 17.9. The van der Waals surface area contributed by atoms with Crippen molar-refractivity contribution in [2.75, 3.05) is 13.1 Å². The van der Waals surface area contributed by atoms with Gasteiger partial charge < -0.3 is 27.0 Å². The number of piperidine rings is 1. The topological polar surface area (TPSA) is 144 Å². The zero-order chi connectivity index (χ0) is 29.5. The molecule has 1 saturated carbocycles. The van der Waals surface area contributed by atoms with Crippen molar-refractivity contribution in [1.82, 2.24) is 15.5 Å². The van der Waals surface area contributed by atoms with Crippen LogP contribution in [0.5, 0.6) is 0 Å². The molecule has 2 aromatic carbocycles. The van der Waals surface area contributed by atoms with Gasteiger partial charge in [0.2, 0.25) is 5.91 Å². The molecule has 7 N–H and O–H groups in total. The molecule has 3 unspecified atom stereocenters. The quantitative estimate of drug-likeness (QED) is 0.174. The van der Waals surface area contributed by atoms with Crippen molar-refractivity contribution in [3.05, 3.63) is 88.6 Å². The predicted molar refractivity (Wildman–Crippen MR) is 163 cm³/mol. The number of hydrogen-bond donors (Lipinski definition) is 5. The van der Waals surface area contributed by atoms with Crippen molar-refractivity contribution >= 4 is 17.4 Å². The highest BCUT2D eigenvalue weighted by molar-refractivity contribution is 5.97. The molecule has 0 radical (unpaired) electrons. The predicted octanol–water partition coefficient (Wildman–Crippen LogP) is 3.55. The number of nitrogens with one attached hydrogen (secondary N) is 3. The third-order valence-corrected chi connectivity index (χ3v) is 8.93. The van der Waals surface area contributed by atoms with Gasteiger partial charge >= 0.3 is 0 Å². The SMILES string of the molecule is C=C(N)c1ccc2c(c1)CCc1cc(C(N)=O)ccc1C2(CCNCC(=C)N1C(C#N)C[C@@H]2CC21)C(=N)NC(C)C. The molecule has 2 fully saturated rings. The first-order valence-electron chi connectivity index (χ1n) is 14.5. The summed E-state index contributed by atoms with van der Waals surface area (Å²) in [6.07, 6.45) is 4.12. The number of fused-ring (bicyclic) bond motifs is 3. The van der Waals surface area contributed by atoms with Crippen LogP contribution in [0.3, 0.4) is 0 Å². The monoisotopic (exact) mass is 551 g/mol. The molecule has 1 amide bonds. The summed E-state index contributed by atoms with van der Waals surface area (Å²) < 4.78 is 0. The highest BCUT2D eigenvalue weighted by atomic mass is 16.1. The van der Waals surface area contributed by atoms with Gasteiger partial charge in [0.1, 0.15) is 11.9 Å². The van der Waals surface area contributed by atoms with Gasteiger partial charge in [0.05, 0.1) is 11.5 Å². The van der Waals surface area contributed by atoms with E-state index in [0.29, 0.717) is 55.0 Å². The highest BCUT2D eigenvalue weighted by Gasteiger charge is 2.52. The van der Waals surface area contributed by atoms with Gasteiger partial charge in [-0.05, 0) is 104 Å². The number of likely N-dealkylation sites (tertiary alicyclic amines) is 1. The minimum absolute atomic E-state index is 0.0554. The molecular weight excluding hydrogens is 510 g/mol. The van der Waals surface area contributed by atoms with Crippen LogP contribution in [-0.2, 0) is 18.3 Å². The summed E-state index contributed by atoms with van der Waals surface area (Å²) in [5.74, 6) is 0.572. The molecule has 8 nitrogen and oxygen atoms in total. The molecule has 8 heteroatoms. The number of nitrogens with two attached hydrogens (primary N) is 2. The molecule has 4 atom stereocenters. The number of rotatable bonds is 10. The molecular formula is C33H41N7O. The van der Waals surface area contributed by atoms with Gasteiger partial charge in [0.15, 0.2) is 0 Å². The standard InChI is InChI=1S/C33H41N7O/c1-19(2)39-32(37)33(11-12-38-18-20(3)40-27(17-34)15-26-16-30(26)40)28-9-7-22(21(4)35)13-23(28)5-6-24-14-25(31(36)41)8-10-29(24)33/h7-10,13-14,19,26-27,30,38H,3-6,11-12,15-16,18,35H2,1-2H3,(H2,36,41)(H2,37,39)/t26-,27?,30?,33?/m1/s1. The average molecular weight is 552 g/mol. The molecule has 0 bridgehead atoms. The summed E-state index contributed by atoms with van der Waals surface area (Å²) in [7, 11) is 0. The van der Waals surface area contributed by atoms with E-state index in [1.807, 2.05) is 32.0 Å². The fourth-order valence-corrected chi connectivity index (χ4v) is 6.90. The van der Waals surface area contributed by atoms with E-state index in [-0.39, 0.29) is 12.1 Å². The number of amides is 1. The van der Waals surface area contributed by atoms with Gasteiger partial charge in [-0.3, -0.25) is 10.2 Å². The molecule has 214 valence electrons. The van der Waals surface area contributed by atoms with E-state index in [1.54, 1.807) is 6.07 Å². The lowest BCUT2D eigenvalue weighted by molar-refractivity contribution is 0.1000. The fourth-order valence-electron chi connectivity index (χ4n) is 6.90. The molecule has 0 aromatic heterocycles. The van der Waals surface area contributed by atoms with Gasteiger partial charge in [-0.15, -0.1) is 0 Å². The summed E-state index contributed by atoms with van der Waals surface area (Å²) >= 11 is 0. The Morgan fingerprint density at radius 1 is 1.12 bits per heavy atom. The van der Waals surface area contributed by atoms with Gasteiger partial charge in [-0.2, -0.15) is 5.26 Å². The van der Waals surface area contributed by atoms with Crippen LogP contribution in [0.15, 0.2) is 55.3 Å². The second-order valence-corrected chi connectivity index (χ2v) is 12.1. The summed E-state index contributed by atoms with van der Waals surface area (Å²) in [5, 5.41) is 26.1. The molecule has 1 saturated heterocycles. The normalized spacial score (nSPS) is 24.0. The minimum atomic E-state index is -0.797. The first-order valence-corrected chi connectivity index (χ1v) is 14.5. The number of amidine groups is 1. The number of nitrogens with zero attached hydrogens (tertiary/aromatic N) is 2. The first-order chi connectivity index (χ1) is 19.6. The molecule has 1 heterocycles. The minimum Gasteiger partial charge on any atom is -0.399 e. The van der Waals surface area contributed by atoms with Gasteiger partial charge in [0.25, 0.3) is 0 Å². The van der Waals surface area contributed by atoms with E-state index < -0.39 is 11.3 Å². The summed E-state index contributed by atoms with van der Waals surface area (Å²) in [6.45, 7) is 13.5. The third-order valence-electron chi connectivity index (χ3n) is 8.93. The Labute approximate surface area is 243 Å². The van der Waals surface area contributed by atoms with E-state index in [0.717, 1.165) is 52.8 Å². The molecule has 1 aliphatic heterocycles. The largest absolute Gasteiger partial charge is 0.399 e. The smallest absolute Gasteiger partial charge is 0.248 e. The van der Waals surface area contributed by atoms with Crippen LogP contribution >= 0.6 is 0 Å². The fraction of sp³-hybridized carbons (Fsp3) is 0.424. The van der Waals surface area contributed by atoms with E-state index in [9.17, 15) is 15.5 Å². The molecule has 2 aliphatic carbocycles. The van der Waals surface area contributed by atoms with Crippen LogP contribution in [0.4, 0.5) is 0 Å². The van der Waals surface area contributed by atoms with E-state index >= 15 is 0 Å². The van der Waals surface area contributed by atoms with Crippen LogP contribution in [-0.4, -0.2) is 47.9 Å². The maximum atomic E-state index is 12.1. The second-order valence-electron chi connectivity index (χ2n) is 12.1. The Morgan fingerprint density at radius 2 is 1.76 bits per heavy atom. The molecule has 41 heavy (non-hydrogen) atoms. The number of aryl methyl sites for hydroxylation is 2. The van der Waals surface area contributed by atoms with Crippen molar-refractivity contribution in [3.63, 3.8) is 0 Å². The Kier molecular flexibility index (Phi) is 7.67. The average Bonchev–Trinajstić information content (AvgIpc) is 3.63. The van der Waals surface area contributed by atoms with E-state index in [4.69, 9.17) is 11.5 Å². The van der Waals surface area contributed by atoms with Gasteiger partial charge in [-0.1, -0.05) is 31.4 Å². The second kappa shape index (κ2) is 11.1. The third kappa shape index (κ3) is 5.22. The van der Waals surface area contributed by atoms with Crippen LogP contribution in [0, 0.1) is 22.7 Å².